The number of aromatic nitrogens is 2. The SMILES string of the molecule is CCCCc1nc2ccc(C3=NNC(=O)SC3)cc2[nH]1. The van der Waals surface area contributed by atoms with Gasteiger partial charge in [0.05, 0.1) is 16.7 Å². The number of amides is 1. The molecule has 20 heavy (non-hydrogen) atoms. The predicted molar refractivity (Wildman–Crippen MR) is 82.2 cm³/mol. The molecule has 2 N–H and O–H groups in total. The lowest BCUT2D eigenvalue weighted by Crippen LogP contribution is -2.23. The number of rotatable bonds is 4. The number of imidazole rings is 1. The number of benzene rings is 1. The number of hydrogen-bond acceptors (Lipinski definition) is 4. The zero-order chi connectivity index (χ0) is 13.9. The van der Waals surface area contributed by atoms with Crippen LogP contribution >= 0.6 is 11.8 Å². The summed E-state index contributed by atoms with van der Waals surface area (Å²) >= 11 is 1.24. The number of aromatic amines is 1. The highest BCUT2D eigenvalue weighted by atomic mass is 32.2. The fourth-order valence-corrected chi connectivity index (χ4v) is 2.77. The molecule has 0 saturated heterocycles. The Morgan fingerprint density at radius 3 is 3.05 bits per heavy atom. The molecule has 2 heterocycles. The van der Waals surface area contributed by atoms with Gasteiger partial charge in [0.1, 0.15) is 5.82 Å². The summed E-state index contributed by atoms with van der Waals surface area (Å²) in [6.45, 7) is 2.17. The Kier molecular flexibility index (Phi) is 3.73. The van der Waals surface area contributed by atoms with E-state index in [1.807, 2.05) is 12.1 Å². The minimum Gasteiger partial charge on any atom is -0.342 e. The monoisotopic (exact) mass is 288 g/mol. The Morgan fingerprint density at radius 1 is 1.40 bits per heavy atom. The summed E-state index contributed by atoms with van der Waals surface area (Å²) in [5.74, 6) is 1.64. The fourth-order valence-electron chi connectivity index (χ4n) is 2.16. The van der Waals surface area contributed by atoms with Crippen LogP contribution < -0.4 is 5.43 Å². The molecule has 2 aromatic rings. The maximum atomic E-state index is 11.1. The zero-order valence-electron chi connectivity index (χ0n) is 11.3. The molecule has 0 saturated carbocycles. The number of unbranched alkanes of at least 4 members (excludes halogenated alkanes) is 1. The zero-order valence-corrected chi connectivity index (χ0v) is 12.1. The van der Waals surface area contributed by atoms with Gasteiger partial charge in [-0.25, -0.2) is 10.4 Å². The number of nitrogens with zero attached hydrogens (tertiary/aromatic N) is 2. The van der Waals surface area contributed by atoms with E-state index in [1.54, 1.807) is 0 Å². The smallest absolute Gasteiger partial charge is 0.299 e. The number of carbonyl (C=O) groups excluding carboxylic acids is 1. The van der Waals surface area contributed by atoms with Crippen molar-refractivity contribution in [1.82, 2.24) is 15.4 Å². The van der Waals surface area contributed by atoms with Crippen LogP contribution in [0.15, 0.2) is 23.3 Å². The van der Waals surface area contributed by atoms with Gasteiger partial charge in [0.25, 0.3) is 5.24 Å². The van der Waals surface area contributed by atoms with Crippen molar-refractivity contribution < 1.29 is 4.79 Å². The number of thioether (sulfide) groups is 1. The Labute approximate surface area is 121 Å². The van der Waals surface area contributed by atoms with Crippen LogP contribution in [0, 0.1) is 0 Å². The van der Waals surface area contributed by atoms with Gasteiger partial charge < -0.3 is 4.98 Å². The van der Waals surface area contributed by atoms with Gasteiger partial charge in [0.2, 0.25) is 0 Å². The van der Waals surface area contributed by atoms with Crippen molar-refractivity contribution in [2.24, 2.45) is 5.10 Å². The Hall–Kier alpha value is -1.82. The Morgan fingerprint density at radius 2 is 2.30 bits per heavy atom. The number of fused-ring (bicyclic) bond motifs is 1. The topological polar surface area (TPSA) is 70.1 Å². The van der Waals surface area contributed by atoms with Crippen LogP contribution in [0.25, 0.3) is 11.0 Å². The Bertz CT molecular complexity index is 677. The van der Waals surface area contributed by atoms with E-state index in [-0.39, 0.29) is 5.24 Å². The molecule has 0 spiro atoms. The first-order chi connectivity index (χ1) is 9.76. The number of hydrazone groups is 1. The molecular weight excluding hydrogens is 272 g/mol. The van der Waals surface area contributed by atoms with Crippen LogP contribution in [0.3, 0.4) is 0 Å². The lowest BCUT2D eigenvalue weighted by atomic mass is 10.1. The molecule has 1 aliphatic heterocycles. The number of H-pyrrole nitrogens is 1. The van der Waals surface area contributed by atoms with Crippen molar-refractivity contribution in [2.45, 2.75) is 26.2 Å². The molecular formula is C14H16N4OS. The number of aryl methyl sites for hydroxylation is 1. The van der Waals surface area contributed by atoms with Crippen LogP contribution in [-0.2, 0) is 6.42 Å². The molecule has 0 fully saturated rings. The molecule has 1 amide bonds. The van der Waals surface area contributed by atoms with Gasteiger partial charge in [-0.1, -0.05) is 31.2 Å². The molecule has 104 valence electrons. The summed E-state index contributed by atoms with van der Waals surface area (Å²) in [6, 6.07) is 6.05. The van der Waals surface area contributed by atoms with Crippen molar-refractivity contribution in [3.8, 4) is 0 Å². The summed E-state index contributed by atoms with van der Waals surface area (Å²) in [5.41, 5.74) is 6.42. The molecule has 0 bridgehead atoms. The van der Waals surface area contributed by atoms with Crippen LogP contribution in [0.1, 0.15) is 31.2 Å². The Balaban J connectivity index is 1.88. The average molecular weight is 288 g/mol. The van der Waals surface area contributed by atoms with Crippen LogP contribution in [0.5, 0.6) is 0 Å². The fraction of sp³-hybridized carbons (Fsp3) is 0.357. The summed E-state index contributed by atoms with van der Waals surface area (Å²) in [7, 11) is 0. The van der Waals surface area contributed by atoms with E-state index in [0.717, 1.165) is 47.4 Å². The second-order valence-electron chi connectivity index (χ2n) is 4.77. The first-order valence-electron chi connectivity index (χ1n) is 6.74. The predicted octanol–water partition coefficient (Wildman–Crippen LogP) is 3.07. The van der Waals surface area contributed by atoms with Crippen molar-refractivity contribution in [1.29, 1.82) is 0 Å². The summed E-state index contributed by atoms with van der Waals surface area (Å²) in [4.78, 5) is 19.0. The lowest BCUT2D eigenvalue weighted by Gasteiger charge is -2.11. The highest BCUT2D eigenvalue weighted by molar-refractivity contribution is 8.14. The van der Waals surface area contributed by atoms with Gasteiger partial charge in [-0.2, -0.15) is 5.10 Å². The van der Waals surface area contributed by atoms with Gasteiger partial charge in [0.15, 0.2) is 0 Å². The van der Waals surface area contributed by atoms with Crippen molar-refractivity contribution in [3.63, 3.8) is 0 Å². The summed E-state index contributed by atoms with van der Waals surface area (Å²) in [5, 5.41) is 4.01. The van der Waals surface area contributed by atoms with E-state index >= 15 is 0 Å². The van der Waals surface area contributed by atoms with E-state index in [4.69, 9.17) is 0 Å². The van der Waals surface area contributed by atoms with Crippen LogP contribution in [0.2, 0.25) is 0 Å². The standard InChI is InChI=1S/C14H16N4OS/c1-2-3-4-13-15-10-6-5-9(7-11(10)16-13)12-8-20-14(19)18-17-12/h5-7H,2-4,8H2,1H3,(H,15,16)(H,18,19). The normalized spacial score (nSPS) is 15.2. The average Bonchev–Trinajstić information content (AvgIpc) is 2.87. The summed E-state index contributed by atoms with van der Waals surface area (Å²) < 4.78 is 0. The van der Waals surface area contributed by atoms with E-state index in [9.17, 15) is 4.79 Å². The third-order valence-corrected chi connectivity index (χ3v) is 4.02. The van der Waals surface area contributed by atoms with E-state index in [0.29, 0.717) is 5.75 Å². The van der Waals surface area contributed by atoms with Crippen molar-refractivity contribution in [3.05, 3.63) is 29.6 Å². The molecule has 1 aromatic heterocycles. The number of hydrogen-bond donors (Lipinski definition) is 2. The van der Waals surface area contributed by atoms with E-state index < -0.39 is 0 Å². The second kappa shape index (κ2) is 5.66. The van der Waals surface area contributed by atoms with Crippen LogP contribution in [-0.4, -0.2) is 26.7 Å². The molecule has 3 rings (SSSR count). The highest BCUT2D eigenvalue weighted by Crippen LogP contribution is 2.18. The maximum Gasteiger partial charge on any atom is 0.299 e. The molecule has 1 aliphatic rings. The third kappa shape index (κ3) is 2.70. The molecule has 1 aromatic carbocycles. The third-order valence-electron chi connectivity index (χ3n) is 3.25. The highest BCUT2D eigenvalue weighted by Gasteiger charge is 2.14. The summed E-state index contributed by atoms with van der Waals surface area (Å²) in [6.07, 6.45) is 3.28. The van der Waals surface area contributed by atoms with Crippen LogP contribution in [0.4, 0.5) is 4.79 Å². The molecule has 5 nitrogen and oxygen atoms in total. The van der Waals surface area contributed by atoms with Gasteiger partial charge in [-0.3, -0.25) is 4.79 Å². The largest absolute Gasteiger partial charge is 0.342 e. The van der Waals surface area contributed by atoms with Crippen molar-refractivity contribution >= 4 is 33.7 Å². The van der Waals surface area contributed by atoms with E-state index in [1.165, 1.54) is 11.8 Å². The maximum absolute atomic E-state index is 11.1. The van der Waals surface area contributed by atoms with Gasteiger partial charge in [-0.05, 0) is 18.6 Å². The molecule has 0 atom stereocenters. The lowest BCUT2D eigenvalue weighted by molar-refractivity contribution is 0.261. The first-order valence-corrected chi connectivity index (χ1v) is 7.73. The minimum atomic E-state index is -0.0989. The van der Waals surface area contributed by atoms with Gasteiger partial charge >= 0.3 is 0 Å². The molecule has 0 aliphatic carbocycles. The number of carbonyl (C=O) groups is 1. The second-order valence-corrected chi connectivity index (χ2v) is 5.71. The molecule has 0 unspecified atom stereocenters. The van der Waals surface area contributed by atoms with Gasteiger partial charge in [0, 0.05) is 17.7 Å². The van der Waals surface area contributed by atoms with Crippen molar-refractivity contribution in [2.75, 3.05) is 5.75 Å². The first kappa shape index (κ1) is 13.2. The molecule has 0 radical (unpaired) electrons. The molecule has 6 heteroatoms. The van der Waals surface area contributed by atoms with Gasteiger partial charge in [-0.15, -0.1) is 0 Å². The minimum absolute atomic E-state index is 0.0989. The number of nitrogens with one attached hydrogen (secondary N) is 2. The van der Waals surface area contributed by atoms with E-state index in [2.05, 4.69) is 33.5 Å². The quantitative estimate of drug-likeness (QED) is 0.908.